The van der Waals surface area contributed by atoms with Gasteiger partial charge in [0, 0.05) is 11.8 Å². The minimum atomic E-state index is -3.69. The fourth-order valence-electron chi connectivity index (χ4n) is 1.71. The third kappa shape index (κ3) is 2.44. The van der Waals surface area contributed by atoms with Crippen LogP contribution >= 0.6 is 0 Å². The molecule has 6 nitrogen and oxygen atoms in total. The van der Waals surface area contributed by atoms with Crippen LogP contribution in [0, 0.1) is 0 Å². The average Bonchev–Trinajstić information content (AvgIpc) is 2.73. The Labute approximate surface area is 111 Å². The molecule has 3 rings (SSSR count). The minimum absolute atomic E-state index is 0.0132. The summed E-state index contributed by atoms with van der Waals surface area (Å²) in [5.74, 6) is -0.776. The monoisotopic (exact) mass is 285 g/mol. The van der Waals surface area contributed by atoms with Gasteiger partial charge in [0.05, 0.1) is 0 Å². The van der Waals surface area contributed by atoms with Gasteiger partial charge in [-0.25, -0.2) is 0 Å². The summed E-state index contributed by atoms with van der Waals surface area (Å²) < 4.78 is 44.3. The molecule has 0 unspecified atom stereocenters. The summed E-state index contributed by atoms with van der Waals surface area (Å²) in [5.41, 5.74) is 0.269. The van der Waals surface area contributed by atoms with Gasteiger partial charge in [0.1, 0.15) is 19.5 Å². The molecule has 0 saturated carbocycles. The number of rotatable bonds is 2. The quantitative estimate of drug-likeness (QED) is 0.898. The van der Waals surface area contributed by atoms with Gasteiger partial charge in [-0.1, -0.05) is 0 Å². The number of carbonyl (C=O) groups is 1. The van der Waals surface area contributed by atoms with Gasteiger partial charge in [-0.2, -0.15) is 0 Å². The summed E-state index contributed by atoms with van der Waals surface area (Å²) >= 11 is 0. The van der Waals surface area contributed by atoms with E-state index in [1.807, 2.05) is 0 Å². The maximum Gasteiger partial charge on any atom is 0.586 e. The number of ether oxygens (including phenoxy) is 4. The molecule has 0 spiro atoms. The summed E-state index contributed by atoms with van der Waals surface area (Å²) in [4.78, 5) is 11.8. The Balaban J connectivity index is 1.73. The standard InChI is InChI=1S/C12H9F2NO5/c13-12(14)19-8-2-1-7(5-9(8)20-12)15-11(16)10-6-17-3-4-18-10/h1-2,5-6H,3-4H2,(H,15,16). The molecule has 1 aromatic carbocycles. The molecule has 1 amide bonds. The van der Waals surface area contributed by atoms with E-state index in [0.717, 1.165) is 0 Å². The number of hydrogen-bond acceptors (Lipinski definition) is 5. The Morgan fingerprint density at radius 1 is 1.20 bits per heavy atom. The summed E-state index contributed by atoms with van der Waals surface area (Å²) in [6, 6.07) is 3.92. The number of anilines is 1. The Hall–Kier alpha value is -2.51. The minimum Gasteiger partial charge on any atom is -0.494 e. The molecule has 2 aliphatic heterocycles. The predicted octanol–water partition coefficient (Wildman–Crippen LogP) is 1.83. The van der Waals surface area contributed by atoms with E-state index in [-0.39, 0.29) is 29.6 Å². The molecule has 1 aromatic rings. The molecule has 0 bridgehead atoms. The van der Waals surface area contributed by atoms with Crippen molar-refractivity contribution in [1.29, 1.82) is 0 Å². The normalized spacial score (nSPS) is 18.6. The lowest BCUT2D eigenvalue weighted by molar-refractivity contribution is -0.286. The number of alkyl halides is 2. The van der Waals surface area contributed by atoms with Crippen LogP contribution in [0.1, 0.15) is 0 Å². The Morgan fingerprint density at radius 3 is 2.75 bits per heavy atom. The third-order valence-corrected chi connectivity index (χ3v) is 2.53. The van der Waals surface area contributed by atoms with Gasteiger partial charge in [0.2, 0.25) is 5.76 Å². The largest absolute Gasteiger partial charge is 0.586 e. The molecule has 20 heavy (non-hydrogen) atoms. The van der Waals surface area contributed by atoms with Crippen LogP contribution < -0.4 is 14.8 Å². The van der Waals surface area contributed by atoms with Crippen LogP contribution in [0.5, 0.6) is 11.5 Å². The molecular weight excluding hydrogens is 276 g/mol. The van der Waals surface area contributed by atoms with Crippen LogP contribution in [0.3, 0.4) is 0 Å². The van der Waals surface area contributed by atoms with Crippen molar-refractivity contribution in [3.63, 3.8) is 0 Å². The van der Waals surface area contributed by atoms with E-state index >= 15 is 0 Å². The molecule has 0 fully saturated rings. The van der Waals surface area contributed by atoms with E-state index in [9.17, 15) is 13.6 Å². The molecular formula is C12H9F2NO5. The second-order valence-corrected chi connectivity index (χ2v) is 3.98. The maximum atomic E-state index is 12.8. The predicted molar refractivity (Wildman–Crippen MR) is 61.3 cm³/mol. The molecule has 0 aliphatic carbocycles. The van der Waals surface area contributed by atoms with Crippen molar-refractivity contribution >= 4 is 11.6 Å². The summed E-state index contributed by atoms with van der Waals surface area (Å²) in [7, 11) is 0. The van der Waals surface area contributed by atoms with Crippen LogP contribution in [0.25, 0.3) is 0 Å². The third-order valence-electron chi connectivity index (χ3n) is 2.53. The van der Waals surface area contributed by atoms with Gasteiger partial charge in [-0.3, -0.25) is 4.79 Å². The topological polar surface area (TPSA) is 66.0 Å². The van der Waals surface area contributed by atoms with E-state index in [1.165, 1.54) is 24.5 Å². The van der Waals surface area contributed by atoms with Gasteiger partial charge in [0.25, 0.3) is 5.91 Å². The molecule has 0 saturated heterocycles. The number of amides is 1. The van der Waals surface area contributed by atoms with E-state index in [0.29, 0.717) is 6.61 Å². The average molecular weight is 285 g/mol. The first kappa shape index (κ1) is 12.5. The smallest absolute Gasteiger partial charge is 0.494 e. The van der Waals surface area contributed by atoms with Gasteiger partial charge in [0.15, 0.2) is 11.5 Å². The maximum absolute atomic E-state index is 12.8. The molecule has 0 radical (unpaired) electrons. The highest BCUT2D eigenvalue weighted by Gasteiger charge is 2.43. The van der Waals surface area contributed by atoms with Crippen LogP contribution in [0.2, 0.25) is 0 Å². The summed E-state index contributed by atoms with van der Waals surface area (Å²) in [6.45, 7) is 0.641. The van der Waals surface area contributed by atoms with E-state index in [2.05, 4.69) is 14.8 Å². The molecule has 2 heterocycles. The zero-order valence-corrected chi connectivity index (χ0v) is 10.0. The molecule has 2 aliphatic rings. The first-order valence-corrected chi connectivity index (χ1v) is 5.69. The van der Waals surface area contributed by atoms with Crippen molar-refractivity contribution in [3.05, 3.63) is 30.2 Å². The Kier molecular flexibility index (Phi) is 2.85. The van der Waals surface area contributed by atoms with Crippen molar-refractivity contribution in [2.75, 3.05) is 18.5 Å². The van der Waals surface area contributed by atoms with Crippen molar-refractivity contribution in [1.82, 2.24) is 0 Å². The van der Waals surface area contributed by atoms with Crippen LogP contribution in [-0.4, -0.2) is 25.4 Å². The molecule has 106 valence electrons. The zero-order chi connectivity index (χ0) is 14.2. The van der Waals surface area contributed by atoms with Gasteiger partial charge < -0.3 is 24.3 Å². The SMILES string of the molecule is O=C(Nc1ccc2c(c1)OC(F)(F)O2)C1=COCCO1. The highest BCUT2D eigenvalue weighted by molar-refractivity contribution is 6.02. The van der Waals surface area contributed by atoms with Crippen molar-refractivity contribution < 1.29 is 32.5 Å². The lowest BCUT2D eigenvalue weighted by Crippen LogP contribution is -2.25. The highest BCUT2D eigenvalue weighted by atomic mass is 19.3. The second kappa shape index (κ2) is 4.55. The second-order valence-electron chi connectivity index (χ2n) is 3.98. The van der Waals surface area contributed by atoms with Crippen LogP contribution in [0.4, 0.5) is 14.5 Å². The number of halogens is 2. The number of nitrogens with one attached hydrogen (secondary N) is 1. The van der Waals surface area contributed by atoms with E-state index in [1.54, 1.807) is 0 Å². The van der Waals surface area contributed by atoms with Crippen molar-refractivity contribution in [2.45, 2.75) is 6.29 Å². The lowest BCUT2D eigenvalue weighted by Gasteiger charge is -2.15. The van der Waals surface area contributed by atoms with Gasteiger partial charge >= 0.3 is 6.29 Å². The lowest BCUT2D eigenvalue weighted by atomic mass is 10.2. The Bertz CT molecular complexity index is 587. The van der Waals surface area contributed by atoms with Crippen molar-refractivity contribution in [3.8, 4) is 11.5 Å². The fraction of sp³-hybridized carbons (Fsp3) is 0.250. The van der Waals surface area contributed by atoms with Crippen molar-refractivity contribution in [2.24, 2.45) is 0 Å². The molecule has 0 aromatic heterocycles. The van der Waals surface area contributed by atoms with Crippen LogP contribution in [0.15, 0.2) is 30.2 Å². The fourth-order valence-corrected chi connectivity index (χ4v) is 1.71. The molecule has 0 atom stereocenters. The number of hydrogen-bond donors (Lipinski definition) is 1. The summed E-state index contributed by atoms with van der Waals surface area (Å²) in [5, 5.41) is 2.48. The highest BCUT2D eigenvalue weighted by Crippen LogP contribution is 2.42. The van der Waals surface area contributed by atoms with Gasteiger partial charge in [-0.15, -0.1) is 8.78 Å². The first-order chi connectivity index (χ1) is 9.53. The Morgan fingerprint density at radius 2 is 2.00 bits per heavy atom. The zero-order valence-electron chi connectivity index (χ0n) is 10.0. The van der Waals surface area contributed by atoms with Gasteiger partial charge in [-0.05, 0) is 12.1 Å². The van der Waals surface area contributed by atoms with E-state index in [4.69, 9.17) is 9.47 Å². The van der Waals surface area contributed by atoms with Crippen LogP contribution in [-0.2, 0) is 14.3 Å². The molecule has 8 heteroatoms. The summed E-state index contributed by atoms with van der Waals surface area (Å²) in [6.07, 6.45) is -2.49. The number of carbonyl (C=O) groups excluding carboxylic acids is 1. The molecule has 1 N–H and O–H groups in total. The first-order valence-electron chi connectivity index (χ1n) is 5.69. The number of benzene rings is 1. The number of fused-ring (bicyclic) bond motifs is 1. The van der Waals surface area contributed by atoms with E-state index < -0.39 is 12.2 Å².